The van der Waals surface area contributed by atoms with Crippen LogP contribution in [0.1, 0.15) is 23.5 Å². The van der Waals surface area contributed by atoms with Gasteiger partial charge in [0.2, 0.25) is 0 Å². The SMILES string of the molecule is Fc1ccc([C@@]2(Cn3cncn3)C[C@@H]2c2ccccc2Cl)cc1. The van der Waals surface area contributed by atoms with E-state index in [2.05, 4.69) is 16.1 Å². The summed E-state index contributed by atoms with van der Waals surface area (Å²) in [6.07, 6.45) is 4.21. The van der Waals surface area contributed by atoms with Crippen LogP contribution in [0.15, 0.2) is 61.2 Å². The van der Waals surface area contributed by atoms with Crippen LogP contribution >= 0.6 is 11.6 Å². The number of benzene rings is 2. The normalized spacial score (nSPS) is 23.0. The molecule has 0 aliphatic heterocycles. The van der Waals surface area contributed by atoms with Crippen LogP contribution < -0.4 is 0 Å². The first-order valence-electron chi connectivity index (χ1n) is 7.52. The Hall–Kier alpha value is -2.20. The Morgan fingerprint density at radius 2 is 1.96 bits per heavy atom. The predicted molar refractivity (Wildman–Crippen MR) is 86.9 cm³/mol. The molecule has 5 heteroatoms. The van der Waals surface area contributed by atoms with E-state index in [1.807, 2.05) is 35.0 Å². The molecule has 0 bridgehead atoms. The highest BCUT2D eigenvalue weighted by atomic mass is 35.5. The Labute approximate surface area is 138 Å². The summed E-state index contributed by atoms with van der Waals surface area (Å²) in [5.41, 5.74) is 2.13. The van der Waals surface area contributed by atoms with Crippen LogP contribution in [-0.4, -0.2) is 14.8 Å². The van der Waals surface area contributed by atoms with Gasteiger partial charge in [-0.1, -0.05) is 41.9 Å². The van der Waals surface area contributed by atoms with Crippen LogP contribution in [0.3, 0.4) is 0 Å². The largest absolute Gasteiger partial charge is 0.252 e. The zero-order chi connectivity index (χ0) is 15.9. The maximum atomic E-state index is 13.3. The molecule has 116 valence electrons. The van der Waals surface area contributed by atoms with Crippen molar-refractivity contribution >= 4 is 11.6 Å². The summed E-state index contributed by atoms with van der Waals surface area (Å²) < 4.78 is 15.1. The molecule has 1 fully saturated rings. The van der Waals surface area contributed by atoms with E-state index in [4.69, 9.17) is 11.6 Å². The van der Waals surface area contributed by atoms with Gasteiger partial charge in [-0.2, -0.15) is 5.10 Å². The van der Waals surface area contributed by atoms with Crippen molar-refractivity contribution in [3.8, 4) is 0 Å². The van der Waals surface area contributed by atoms with Crippen LogP contribution in [0.4, 0.5) is 4.39 Å². The van der Waals surface area contributed by atoms with Gasteiger partial charge in [0.1, 0.15) is 18.5 Å². The Morgan fingerprint density at radius 1 is 1.17 bits per heavy atom. The standard InChI is InChI=1S/C18H15ClFN3/c19-17-4-2-1-3-15(17)16-9-18(16,10-23-12-21-11-22-23)13-5-7-14(20)8-6-13/h1-8,11-12,16H,9-10H2/t16-,18+/m1/s1. The molecule has 4 rings (SSSR count). The van der Waals surface area contributed by atoms with Crippen LogP contribution in [0.25, 0.3) is 0 Å². The van der Waals surface area contributed by atoms with Crippen LogP contribution in [0.2, 0.25) is 5.02 Å². The molecule has 0 unspecified atom stereocenters. The lowest BCUT2D eigenvalue weighted by atomic mass is 9.90. The number of hydrogen-bond donors (Lipinski definition) is 0. The van der Waals surface area contributed by atoms with Crippen molar-refractivity contribution in [1.29, 1.82) is 0 Å². The summed E-state index contributed by atoms with van der Waals surface area (Å²) in [6, 6.07) is 14.7. The summed E-state index contributed by atoms with van der Waals surface area (Å²) in [5.74, 6) is 0.0745. The minimum absolute atomic E-state index is 0.119. The fourth-order valence-corrected chi connectivity index (χ4v) is 3.71. The fourth-order valence-electron chi connectivity index (χ4n) is 3.44. The van der Waals surface area contributed by atoms with E-state index in [0.29, 0.717) is 12.5 Å². The molecule has 0 amide bonds. The Morgan fingerprint density at radius 3 is 2.65 bits per heavy atom. The van der Waals surface area contributed by atoms with Crippen molar-refractivity contribution in [2.24, 2.45) is 0 Å². The lowest BCUT2D eigenvalue weighted by Gasteiger charge is -2.19. The summed E-state index contributed by atoms with van der Waals surface area (Å²) in [7, 11) is 0. The summed E-state index contributed by atoms with van der Waals surface area (Å²) in [6.45, 7) is 0.703. The van der Waals surface area contributed by atoms with Gasteiger partial charge < -0.3 is 0 Å². The number of nitrogens with zero attached hydrogens (tertiary/aromatic N) is 3. The summed E-state index contributed by atoms with van der Waals surface area (Å²) in [4.78, 5) is 4.02. The first kappa shape index (κ1) is 14.4. The fraction of sp³-hybridized carbons (Fsp3) is 0.222. The lowest BCUT2D eigenvalue weighted by molar-refractivity contribution is 0.489. The van der Waals surface area contributed by atoms with Gasteiger partial charge in [-0.25, -0.2) is 9.37 Å². The zero-order valence-corrected chi connectivity index (χ0v) is 13.1. The van der Waals surface area contributed by atoms with E-state index >= 15 is 0 Å². The minimum atomic E-state index is -0.223. The quantitative estimate of drug-likeness (QED) is 0.719. The van der Waals surface area contributed by atoms with Crippen molar-refractivity contribution in [1.82, 2.24) is 14.8 Å². The second-order valence-corrected chi connectivity index (χ2v) is 6.44. The highest BCUT2D eigenvalue weighted by molar-refractivity contribution is 6.31. The van der Waals surface area contributed by atoms with Crippen LogP contribution in [0, 0.1) is 5.82 Å². The van der Waals surface area contributed by atoms with Crippen molar-refractivity contribution < 1.29 is 4.39 Å². The number of rotatable bonds is 4. The molecule has 1 saturated carbocycles. The monoisotopic (exact) mass is 327 g/mol. The van der Waals surface area contributed by atoms with Crippen molar-refractivity contribution in [3.05, 3.63) is 83.2 Å². The molecule has 3 nitrogen and oxygen atoms in total. The third kappa shape index (κ3) is 2.53. The average molecular weight is 328 g/mol. The second-order valence-electron chi connectivity index (χ2n) is 6.03. The van der Waals surface area contributed by atoms with Crippen LogP contribution in [-0.2, 0) is 12.0 Å². The van der Waals surface area contributed by atoms with Crippen LogP contribution in [0.5, 0.6) is 0 Å². The molecule has 1 aromatic heterocycles. The van der Waals surface area contributed by atoms with Gasteiger partial charge in [-0.15, -0.1) is 0 Å². The van der Waals surface area contributed by atoms with Gasteiger partial charge in [0.05, 0.1) is 6.54 Å². The highest BCUT2D eigenvalue weighted by Gasteiger charge is 2.56. The van der Waals surface area contributed by atoms with Gasteiger partial charge in [0, 0.05) is 10.4 Å². The Balaban J connectivity index is 1.74. The summed E-state index contributed by atoms with van der Waals surface area (Å²) >= 11 is 6.39. The second kappa shape index (κ2) is 5.46. The molecule has 2 aromatic carbocycles. The van der Waals surface area contributed by atoms with Gasteiger partial charge >= 0.3 is 0 Å². The third-order valence-corrected chi connectivity index (χ3v) is 5.03. The molecule has 23 heavy (non-hydrogen) atoms. The Kier molecular flexibility index (Phi) is 3.42. The van der Waals surface area contributed by atoms with Gasteiger partial charge in [-0.3, -0.25) is 4.68 Å². The molecular formula is C18H15ClFN3. The molecule has 1 heterocycles. The highest BCUT2D eigenvalue weighted by Crippen LogP contribution is 2.62. The first-order valence-corrected chi connectivity index (χ1v) is 7.90. The molecule has 0 saturated heterocycles. The maximum Gasteiger partial charge on any atom is 0.137 e. The maximum absolute atomic E-state index is 13.3. The van der Waals surface area contributed by atoms with Crippen molar-refractivity contribution in [2.45, 2.75) is 24.3 Å². The minimum Gasteiger partial charge on any atom is -0.252 e. The molecule has 0 radical (unpaired) electrons. The predicted octanol–water partition coefficient (Wildman–Crippen LogP) is 4.20. The molecule has 2 atom stereocenters. The number of hydrogen-bond acceptors (Lipinski definition) is 2. The van der Waals surface area contributed by atoms with E-state index in [0.717, 1.165) is 22.6 Å². The van der Waals surface area contributed by atoms with E-state index < -0.39 is 0 Å². The van der Waals surface area contributed by atoms with Gasteiger partial charge in [0.15, 0.2) is 0 Å². The average Bonchev–Trinajstić information content (AvgIpc) is 3.02. The smallest absolute Gasteiger partial charge is 0.137 e. The van der Waals surface area contributed by atoms with Crippen molar-refractivity contribution in [3.63, 3.8) is 0 Å². The van der Waals surface area contributed by atoms with Gasteiger partial charge in [-0.05, 0) is 41.7 Å². The van der Waals surface area contributed by atoms with E-state index in [1.165, 1.54) is 18.5 Å². The first-order chi connectivity index (χ1) is 11.2. The molecule has 3 aromatic rings. The number of halogens is 2. The molecule has 0 N–H and O–H groups in total. The topological polar surface area (TPSA) is 30.7 Å². The van der Waals surface area contributed by atoms with Gasteiger partial charge in [0.25, 0.3) is 0 Å². The van der Waals surface area contributed by atoms with E-state index in [-0.39, 0.29) is 11.2 Å². The number of aromatic nitrogens is 3. The molecular weight excluding hydrogens is 313 g/mol. The molecule has 1 aliphatic rings. The molecule has 0 spiro atoms. The van der Waals surface area contributed by atoms with E-state index in [9.17, 15) is 4.39 Å². The van der Waals surface area contributed by atoms with E-state index in [1.54, 1.807) is 6.33 Å². The zero-order valence-electron chi connectivity index (χ0n) is 12.4. The lowest BCUT2D eigenvalue weighted by Crippen LogP contribution is -2.19. The Bertz CT molecular complexity index is 817. The summed E-state index contributed by atoms with van der Waals surface area (Å²) in [5, 5.41) is 5.01. The van der Waals surface area contributed by atoms with Crippen molar-refractivity contribution in [2.75, 3.05) is 0 Å². The molecule has 1 aliphatic carbocycles. The third-order valence-electron chi connectivity index (χ3n) is 4.69.